The monoisotopic (exact) mass is 1460 g/mol. The third kappa shape index (κ3) is 12.8. The molecule has 0 saturated heterocycles. The summed E-state index contributed by atoms with van der Waals surface area (Å²) in [4.78, 5) is 23.4. The second-order valence-corrected chi connectivity index (χ2v) is 29.0. The van der Waals surface area contributed by atoms with Gasteiger partial charge in [0.25, 0.3) is 13.4 Å². The zero-order valence-electron chi connectivity index (χ0n) is 56.5. The summed E-state index contributed by atoms with van der Waals surface area (Å²) in [5.74, 6) is 3.81. The van der Waals surface area contributed by atoms with Gasteiger partial charge in [-0.25, -0.2) is 19.9 Å². The van der Waals surface area contributed by atoms with Crippen LogP contribution in [0.25, 0.3) is 45.1 Å². The molecule has 19 rings (SSSR count). The second kappa shape index (κ2) is 27.3. The number of fused-ring (bicyclic) bond motifs is 10. The predicted octanol–water partition coefficient (Wildman–Crippen LogP) is 20.2. The van der Waals surface area contributed by atoms with Gasteiger partial charge >= 0.3 is 0 Å². The van der Waals surface area contributed by atoms with E-state index in [4.69, 9.17) is 28.3 Å². The molecule has 0 unspecified atom stereocenters. The maximum absolute atomic E-state index is 6.42. The highest BCUT2D eigenvalue weighted by Crippen LogP contribution is 2.48. The molecule has 0 atom stereocenters. The number of halogens is 1. The highest BCUT2D eigenvalue weighted by molar-refractivity contribution is 14.1. The Balaban J connectivity index is 0.000000153. The first kappa shape index (κ1) is 67.2. The molecule has 0 saturated carbocycles. The van der Waals surface area contributed by atoms with E-state index < -0.39 is 0 Å². The summed E-state index contributed by atoms with van der Waals surface area (Å²) in [6, 6.07) is 93.9. The molecular weight excluding hydrogens is 1380 g/mol. The number of hydrogen-bond acceptors (Lipinski definition) is 12. The van der Waals surface area contributed by atoms with Gasteiger partial charge in [-0.2, -0.15) is 0 Å². The number of para-hydroxylation sites is 6. The molecule has 0 spiro atoms. The summed E-state index contributed by atoms with van der Waals surface area (Å²) in [5.41, 5.74) is 25.7. The first-order chi connectivity index (χ1) is 49.2. The van der Waals surface area contributed by atoms with Crippen molar-refractivity contribution in [1.82, 2.24) is 19.9 Å². The predicted molar refractivity (Wildman–Crippen MR) is 436 cm³/mol. The molecule has 8 heterocycles. The van der Waals surface area contributed by atoms with Crippen LogP contribution < -0.4 is 62.7 Å². The van der Waals surface area contributed by atoms with Gasteiger partial charge in [0.1, 0.15) is 22.5 Å². The van der Waals surface area contributed by atoms with Gasteiger partial charge in [-0.3, -0.25) is 0 Å². The second-order valence-electron chi connectivity index (χ2n) is 27.7. The van der Waals surface area contributed by atoms with E-state index in [1.165, 1.54) is 31.1 Å². The fourth-order valence-electron chi connectivity index (χ4n) is 14.2. The van der Waals surface area contributed by atoms with Gasteiger partial charge in [0.2, 0.25) is 23.5 Å². The van der Waals surface area contributed by atoms with E-state index in [0.717, 1.165) is 118 Å². The summed E-state index contributed by atoms with van der Waals surface area (Å²) in [7, 11) is 0. The molecule has 0 radical (unpaired) electrons. The van der Waals surface area contributed by atoms with Crippen molar-refractivity contribution in [2.24, 2.45) is 0 Å². The maximum atomic E-state index is 6.42. The molecule has 103 heavy (non-hydrogen) atoms. The van der Waals surface area contributed by atoms with E-state index in [1.807, 2.05) is 109 Å². The molecule has 4 aromatic heterocycles. The quantitative estimate of drug-likeness (QED) is 0.111. The van der Waals surface area contributed by atoms with Crippen LogP contribution in [-0.4, -0.2) is 33.4 Å². The van der Waals surface area contributed by atoms with Crippen LogP contribution in [0.3, 0.4) is 0 Å². The minimum absolute atomic E-state index is 0. The molecule has 12 nitrogen and oxygen atoms in total. The zero-order chi connectivity index (χ0) is 68.5. The summed E-state index contributed by atoms with van der Waals surface area (Å²) in [5, 5.41) is 7.49. The van der Waals surface area contributed by atoms with E-state index in [0.29, 0.717) is 23.5 Å². The van der Waals surface area contributed by atoms with Gasteiger partial charge in [-0.15, -0.1) is 0 Å². The van der Waals surface area contributed by atoms with Crippen LogP contribution in [-0.2, 0) is 10.8 Å². The van der Waals surface area contributed by atoms with Crippen LogP contribution in [0.15, 0.2) is 294 Å². The molecule has 0 aliphatic carbocycles. The van der Waals surface area contributed by atoms with Crippen LogP contribution >= 0.6 is 22.6 Å². The molecule has 0 fully saturated rings. The van der Waals surface area contributed by atoms with E-state index >= 15 is 0 Å². The van der Waals surface area contributed by atoms with E-state index in [9.17, 15) is 0 Å². The molecule has 0 amide bonds. The Bertz CT molecular complexity index is 5530. The van der Waals surface area contributed by atoms with Crippen molar-refractivity contribution in [3.63, 3.8) is 0 Å². The molecule has 4 aliphatic heterocycles. The number of rotatable bonds is 8. The Hall–Kier alpha value is -11.7. The molecule has 504 valence electrons. The van der Waals surface area contributed by atoms with Crippen molar-refractivity contribution < 1.29 is 18.3 Å². The average molecular weight is 1460 g/mol. The van der Waals surface area contributed by atoms with Gasteiger partial charge in [0.05, 0.1) is 0 Å². The first-order valence-corrected chi connectivity index (χ1v) is 35.1. The molecule has 0 bridgehead atoms. The Morgan fingerprint density at radius 3 is 1.27 bits per heavy atom. The minimum atomic E-state index is -0.129. The van der Waals surface area contributed by atoms with Gasteiger partial charge in [0, 0.05) is 96.1 Å². The van der Waals surface area contributed by atoms with E-state index in [2.05, 4.69) is 258 Å². The van der Waals surface area contributed by atoms with E-state index in [1.54, 1.807) is 12.4 Å². The number of anilines is 10. The Labute approximate surface area is 615 Å². The maximum Gasteiger partial charge on any atom is 0.252 e. The normalized spacial score (nSPS) is 12.5. The van der Waals surface area contributed by atoms with Crippen molar-refractivity contribution >= 4 is 148 Å². The third-order valence-corrected chi connectivity index (χ3v) is 19.8. The average Bonchev–Trinajstić information content (AvgIpc) is 0.943. The SMILES string of the molecule is C.C.CC(C)(C)c1cc2c3c(c1)N(c1ccccc1)c1ccc(-c4nc5ccccc5o4)cc1B3c1cc(Oc3ccccn3)ccc1N2c1ccccc1.CC(C)(C)c1cc2c3c(c1)Nc1ccc(-c4nc5ccccc5o4)cc1B3c1cc(Oc3ccccn3)ccc1N2.Ic1ccccc1. The molecule has 4 aliphatic rings. The minimum Gasteiger partial charge on any atom is -0.439 e. The van der Waals surface area contributed by atoms with Crippen LogP contribution in [0.1, 0.15) is 67.5 Å². The molecular formula is C88H75B2IN8O4. The lowest BCUT2D eigenvalue weighted by atomic mass is 9.33. The number of hydrogen-bond donors (Lipinski definition) is 2. The summed E-state index contributed by atoms with van der Waals surface area (Å²) < 4.78 is 26.4. The third-order valence-electron chi connectivity index (χ3n) is 19.0. The van der Waals surface area contributed by atoms with Crippen LogP contribution in [0.4, 0.5) is 56.9 Å². The van der Waals surface area contributed by atoms with Crippen molar-refractivity contribution in [3.8, 4) is 46.2 Å². The number of pyridine rings is 2. The van der Waals surface area contributed by atoms with Crippen LogP contribution in [0.5, 0.6) is 23.3 Å². The topological polar surface area (TPSA) is 127 Å². The highest BCUT2D eigenvalue weighted by Gasteiger charge is 2.45. The lowest BCUT2D eigenvalue weighted by molar-refractivity contribution is 0.463. The fraction of sp³-hybridized carbons (Fsp3) is 0.114. The smallest absolute Gasteiger partial charge is 0.252 e. The molecule has 11 aromatic carbocycles. The summed E-state index contributed by atoms with van der Waals surface area (Å²) >= 11 is 2.28. The van der Waals surface area contributed by atoms with Gasteiger partial charge in [0.15, 0.2) is 11.2 Å². The number of nitrogens with one attached hydrogen (secondary N) is 2. The van der Waals surface area contributed by atoms with Gasteiger partial charge in [-0.05, 0) is 235 Å². The number of nitrogens with zero attached hydrogens (tertiary/aromatic N) is 6. The standard InChI is InChI=1S/C46H35BN4O2.C34H27BN4O2.C6H5I.2CH4/c1-46(2,3)31-27-40-44-41(28-31)51(33-16-8-5-9-17-33)39-24-22-34(52-43-20-12-13-25-48-43)29-36(39)47(44)35-26-30(45-49-37-18-10-11-19-42(37)53-45)21-23-38(35)50(40)32-14-6-4-7-15-32;1-34(2,3)21-17-28-32-29(18-21)38-26-14-12-22(40-31-10-6-7-15-36-31)19-24(26)35(32)23-16-20(11-13-25(23)37-28)33-39-27-8-4-5-9-30(27)41-33;7-6-4-2-1-3-5-6;;/h4-29H,1-3H3;4-19,37-38H,1-3H3;1-5H;2*1H4. The fourth-order valence-corrected chi connectivity index (χ4v) is 14.6. The molecule has 2 N–H and O–H groups in total. The lowest BCUT2D eigenvalue weighted by Crippen LogP contribution is -2.61. The Morgan fingerprint density at radius 2 is 0.786 bits per heavy atom. The van der Waals surface area contributed by atoms with Crippen molar-refractivity contribution in [1.29, 1.82) is 0 Å². The first-order valence-electron chi connectivity index (χ1n) is 34.0. The van der Waals surface area contributed by atoms with Crippen LogP contribution in [0.2, 0.25) is 0 Å². The lowest BCUT2D eigenvalue weighted by Gasteiger charge is -2.45. The summed E-state index contributed by atoms with van der Waals surface area (Å²) in [6.45, 7) is 13.5. The summed E-state index contributed by atoms with van der Waals surface area (Å²) in [6.07, 6.45) is 3.49. The number of benzene rings is 11. The van der Waals surface area contributed by atoms with Crippen LogP contribution in [0, 0.1) is 3.57 Å². The number of ether oxygens (including phenoxy) is 2. The Kier molecular flexibility index (Phi) is 17.8. The highest BCUT2D eigenvalue weighted by atomic mass is 127. The van der Waals surface area contributed by atoms with E-state index in [-0.39, 0.29) is 39.1 Å². The molecule has 15 aromatic rings. The number of aromatic nitrogens is 4. The van der Waals surface area contributed by atoms with Gasteiger partial charge in [-0.1, -0.05) is 160 Å². The Morgan fingerprint density at radius 1 is 0.379 bits per heavy atom. The van der Waals surface area contributed by atoms with Crippen molar-refractivity contribution in [2.45, 2.75) is 67.2 Å². The zero-order valence-corrected chi connectivity index (χ0v) is 58.6. The van der Waals surface area contributed by atoms with Gasteiger partial charge < -0.3 is 38.7 Å². The largest absolute Gasteiger partial charge is 0.439 e. The van der Waals surface area contributed by atoms with Crippen molar-refractivity contribution in [2.75, 3.05) is 20.4 Å². The molecule has 15 heteroatoms. The van der Waals surface area contributed by atoms with Crippen molar-refractivity contribution in [3.05, 3.63) is 300 Å². The number of oxazole rings is 2.